The second kappa shape index (κ2) is 4.84. The number of carbonyl (C=O) groups is 1. The van der Waals surface area contributed by atoms with Crippen LogP contribution in [0.1, 0.15) is 38.5 Å². The van der Waals surface area contributed by atoms with Crippen LogP contribution in [0.4, 0.5) is 4.79 Å². The first kappa shape index (κ1) is 10.7. The summed E-state index contributed by atoms with van der Waals surface area (Å²) >= 11 is 0. The van der Waals surface area contributed by atoms with Crippen LogP contribution in [0.3, 0.4) is 0 Å². The van der Waals surface area contributed by atoms with Crippen molar-refractivity contribution < 1.29 is 4.79 Å². The van der Waals surface area contributed by atoms with E-state index in [9.17, 15) is 4.79 Å². The third kappa shape index (κ3) is 3.09. The van der Waals surface area contributed by atoms with E-state index in [-0.39, 0.29) is 6.03 Å². The number of hydrogen-bond donors (Lipinski definition) is 3. The molecule has 2 fully saturated rings. The van der Waals surface area contributed by atoms with Gasteiger partial charge in [0.2, 0.25) is 0 Å². The fourth-order valence-corrected chi connectivity index (χ4v) is 2.30. The molecule has 2 atom stereocenters. The molecule has 4 N–H and O–H groups in total. The van der Waals surface area contributed by atoms with Crippen LogP contribution in [0.2, 0.25) is 0 Å². The molecule has 4 heteroatoms. The van der Waals surface area contributed by atoms with Gasteiger partial charge in [-0.25, -0.2) is 4.79 Å². The van der Waals surface area contributed by atoms with Crippen molar-refractivity contribution in [3.63, 3.8) is 0 Å². The molecule has 0 aromatic rings. The lowest BCUT2D eigenvalue weighted by Crippen LogP contribution is -2.49. The van der Waals surface area contributed by atoms with E-state index in [1.54, 1.807) is 0 Å². The molecule has 0 bridgehead atoms. The molecule has 0 spiro atoms. The lowest BCUT2D eigenvalue weighted by atomic mass is 9.84. The molecular weight excluding hydrogens is 190 g/mol. The number of urea groups is 1. The topological polar surface area (TPSA) is 67.1 Å². The first-order chi connectivity index (χ1) is 7.29. The Kier molecular flexibility index (Phi) is 3.46. The monoisotopic (exact) mass is 211 g/mol. The van der Waals surface area contributed by atoms with Gasteiger partial charge < -0.3 is 16.4 Å². The zero-order valence-corrected chi connectivity index (χ0v) is 9.17. The van der Waals surface area contributed by atoms with Crippen molar-refractivity contribution in [2.24, 2.45) is 11.7 Å². The van der Waals surface area contributed by atoms with Crippen molar-refractivity contribution in [3.05, 3.63) is 0 Å². The quantitative estimate of drug-likeness (QED) is 0.651. The minimum Gasteiger partial charge on any atom is -0.335 e. The molecule has 4 nitrogen and oxygen atoms in total. The van der Waals surface area contributed by atoms with Gasteiger partial charge in [0.1, 0.15) is 0 Å². The minimum absolute atomic E-state index is 0.00264. The fraction of sp³-hybridized carbons (Fsp3) is 0.909. The maximum atomic E-state index is 11.6. The molecule has 2 aliphatic rings. The first-order valence-electron chi connectivity index (χ1n) is 6.06. The summed E-state index contributed by atoms with van der Waals surface area (Å²) in [5.74, 6) is 0.476. The number of amides is 2. The maximum Gasteiger partial charge on any atom is 0.315 e. The van der Waals surface area contributed by atoms with Gasteiger partial charge in [0.15, 0.2) is 0 Å². The third-order valence-electron chi connectivity index (χ3n) is 3.44. The number of nitrogens with one attached hydrogen (secondary N) is 2. The van der Waals surface area contributed by atoms with Gasteiger partial charge in [-0.2, -0.15) is 0 Å². The largest absolute Gasteiger partial charge is 0.335 e. The number of rotatable bonds is 3. The Balaban J connectivity index is 1.76. The molecule has 15 heavy (non-hydrogen) atoms. The molecule has 2 aliphatic carbocycles. The second-order valence-corrected chi connectivity index (χ2v) is 4.78. The molecular formula is C11H21N3O. The van der Waals surface area contributed by atoms with Gasteiger partial charge in [0, 0.05) is 12.1 Å². The van der Waals surface area contributed by atoms with Gasteiger partial charge in [-0.1, -0.05) is 12.8 Å². The van der Waals surface area contributed by atoms with E-state index in [4.69, 9.17) is 5.73 Å². The maximum absolute atomic E-state index is 11.6. The van der Waals surface area contributed by atoms with E-state index in [0.717, 1.165) is 25.7 Å². The van der Waals surface area contributed by atoms with Crippen LogP contribution in [0.15, 0.2) is 0 Å². The summed E-state index contributed by atoms with van der Waals surface area (Å²) in [5.41, 5.74) is 5.71. The summed E-state index contributed by atoms with van der Waals surface area (Å²) in [6.07, 6.45) is 6.98. The Hall–Kier alpha value is -0.770. The zero-order valence-electron chi connectivity index (χ0n) is 9.17. The van der Waals surface area contributed by atoms with Gasteiger partial charge in [-0.3, -0.25) is 0 Å². The predicted molar refractivity (Wildman–Crippen MR) is 59.5 cm³/mol. The molecule has 0 radical (unpaired) electrons. The molecule has 0 saturated heterocycles. The molecule has 0 aromatic carbocycles. The summed E-state index contributed by atoms with van der Waals surface area (Å²) in [6.45, 7) is 0.689. The summed E-state index contributed by atoms with van der Waals surface area (Å²) in [6, 6.07) is 0.732. The SMILES string of the molecule is NCC1CCCCC1NC(=O)NC1CC1. The zero-order chi connectivity index (χ0) is 10.7. The highest BCUT2D eigenvalue weighted by atomic mass is 16.2. The van der Waals surface area contributed by atoms with Crippen molar-refractivity contribution >= 4 is 6.03 Å². The van der Waals surface area contributed by atoms with Gasteiger partial charge in [-0.05, 0) is 38.1 Å². The molecule has 2 unspecified atom stereocenters. The van der Waals surface area contributed by atoms with Crippen LogP contribution in [0.25, 0.3) is 0 Å². The normalized spacial score (nSPS) is 31.0. The Morgan fingerprint density at radius 1 is 1.13 bits per heavy atom. The van der Waals surface area contributed by atoms with Crippen molar-refractivity contribution in [1.29, 1.82) is 0 Å². The first-order valence-corrected chi connectivity index (χ1v) is 6.06. The lowest BCUT2D eigenvalue weighted by Gasteiger charge is -2.31. The van der Waals surface area contributed by atoms with Gasteiger partial charge in [0.25, 0.3) is 0 Å². The Bertz CT molecular complexity index is 228. The number of hydrogen-bond acceptors (Lipinski definition) is 2. The fourth-order valence-electron chi connectivity index (χ4n) is 2.30. The molecule has 0 heterocycles. The van der Waals surface area contributed by atoms with Crippen LogP contribution in [0.5, 0.6) is 0 Å². The summed E-state index contributed by atoms with van der Waals surface area (Å²) < 4.78 is 0. The van der Waals surface area contributed by atoms with Gasteiger partial charge in [-0.15, -0.1) is 0 Å². The number of nitrogens with two attached hydrogens (primary N) is 1. The van der Waals surface area contributed by atoms with Gasteiger partial charge >= 0.3 is 6.03 Å². The Morgan fingerprint density at radius 2 is 1.87 bits per heavy atom. The minimum atomic E-state index is 0.00264. The van der Waals surface area contributed by atoms with Crippen molar-refractivity contribution in [2.75, 3.05) is 6.54 Å². The molecule has 2 amide bonds. The van der Waals surface area contributed by atoms with E-state index in [2.05, 4.69) is 10.6 Å². The van der Waals surface area contributed by atoms with Crippen molar-refractivity contribution in [3.8, 4) is 0 Å². The van der Waals surface area contributed by atoms with E-state index in [1.165, 1.54) is 12.8 Å². The second-order valence-electron chi connectivity index (χ2n) is 4.78. The standard InChI is InChI=1S/C11H21N3O/c12-7-8-3-1-2-4-10(8)14-11(15)13-9-5-6-9/h8-10H,1-7,12H2,(H2,13,14,15). The van der Waals surface area contributed by atoms with E-state index in [1.807, 2.05) is 0 Å². The summed E-state index contributed by atoms with van der Waals surface area (Å²) in [4.78, 5) is 11.6. The highest BCUT2D eigenvalue weighted by molar-refractivity contribution is 5.74. The third-order valence-corrected chi connectivity index (χ3v) is 3.44. The van der Waals surface area contributed by atoms with Gasteiger partial charge in [0.05, 0.1) is 0 Å². The highest BCUT2D eigenvalue weighted by Crippen LogP contribution is 2.24. The Morgan fingerprint density at radius 3 is 2.53 bits per heavy atom. The molecule has 0 aliphatic heterocycles. The highest BCUT2D eigenvalue weighted by Gasteiger charge is 2.28. The van der Waals surface area contributed by atoms with Crippen LogP contribution >= 0.6 is 0 Å². The van der Waals surface area contributed by atoms with Crippen LogP contribution in [0, 0.1) is 5.92 Å². The van der Waals surface area contributed by atoms with Crippen molar-refractivity contribution in [1.82, 2.24) is 10.6 Å². The molecule has 0 aromatic heterocycles. The summed E-state index contributed by atoms with van der Waals surface area (Å²) in [7, 11) is 0. The predicted octanol–water partition coefficient (Wildman–Crippen LogP) is 0.966. The van der Waals surface area contributed by atoms with Crippen LogP contribution < -0.4 is 16.4 Å². The average Bonchev–Trinajstić information content (AvgIpc) is 3.02. The van der Waals surface area contributed by atoms with E-state index in [0.29, 0.717) is 24.5 Å². The Labute approximate surface area is 91.0 Å². The molecule has 2 saturated carbocycles. The van der Waals surface area contributed by atoms with E-state index >= 15 is 0 Å². The van der Waals surface area contributed by atoms with E-state index < -0.39 is 0 Å². The van der Waals surface area contributed by atoms with Crippen molar-refractivity contribution in [2.45, 2.75) is 50.6 Å². The smallest absolute Gasteiger partial charge is 0.315 e. The lowest BCUT2D eigenvalue weighted by molar-refractivity contribution is 0.219. The average molecular weight is 211 g/mol. The van der Waals surface area contributed by atoms with Crippen LogP contribution in [-0.4, -0.2) is 24.7 Å². The summed E-state index contributed by atoms with van der Waals surface area (Å²) in [5, 5.41) is 6.02. The molecule has 2 rings (SSSR count). The molecule has 86 valence electrons. The number of carbonyl (C=O) groups excluding carboxylic acids is 1. The van der Waals surface area contributed by atoms with Crippen LogP contribution in [-0.2, 0) is 0 Å².